The van der Waals surface area contributed by atoms with Crippen LogP contribution in [0.4, 0.5) is 18.9 Å². The van der Waals surface area contributed by atoms with Crippen molar-refractivity contribution in [3.63, 3.8) is 0 Å². The number of carbonyl (C=O) groups is 1. The number of aromatic nitrogens is 1. The van der Waals surface area contributed by atoms with Gasteiger partial charge in [-0.2, -0.15) is 13.2 Å². The third kappa shape index (κ3) is 5.65. The highest BCUT2D eigenvalue weighted by atomic mass is 35.5. The predicted octanol–water partition coefficient (Wildman–Crippen LogP) is 7.25. The van der Waals surface area contributed by atoms with Crippen molar-refractivity contribution < 1.29 is 18.0 Å². The van der Waals surface area contributed by atoms with Crippen molar-refractivity contribution in [3.05, 3.63) is 69.8 Å². The van der Waals surface area contributed by atoms with Crippen molar-refractivity contribution >= 4 is 51.9 Å². The van der Waals surface area contributed by atoms with Crippen LogP contribution in [0.1, 0.15) is 41.7 Å². The Morgan fingerprint density at radius 3 is 2.67 bits per heavy atom. The first-order chi connectivity index (χ1) is 15.7. The number of benzene rings is 2. The molecule has 1 N–H and O–H groups in total. The lowest BCUT2D eigenvalue weighted by molar-refractivity contribution is -0.140. The third-order valence-electron chi connectivity index (χ3n) is 5.63. The predicted molar refractivity (Wildman–Crippen MR) is 125 cm³/mol. The van der Waals surface area contributed by atoms with E-state index in [0.29, 0.717) is 27.4 Å². The van der Waals surface area contributed by atoms with Crippen LogP contribution in [0.2, 0.25) is 10.0 Å². The Bertz CT molecular complexity index is 1210. The van der Waals surface area contributed by atoms with Gasteiger partial charge in [0.2, 0.25) is 0 Å². The topological polar surface area (TPSA) is 54.4 Å². The first-order valence-electron chi connectivity index (χ1n) is 10.5. The molecule has 1 fully saturated rings. The molecule has 172 valence electrons. The molecule has 1 aliphatic rings. The summed E-state index contributed by atoms with van der Waals surface area (Å²) in [6, 6.07) is 12.2. The third-order valence-corrected chi connectivity index (χ3v) is 6.20. The van der Waals surface area contributed by atoms with Crippen LogP contribution < -0.4 is 5.32 Å². The summed E-state index contributed by atoms with van der Waals surface area (Å²) in [6.45, 7) is 0. The first-order valence-corrected chi connectivity index (χ1v) is 11.2. The molecule has 2 unspecified atom stereocenters. The van der Waals surface area contributed by atoms with Crippen molar-refractivity contribution in [2.45, 2.75) is 37.9 Å². The second-order valence-corrected chi connectivity index (χ2v) is 8.88. The van der Waals surface area contributed by atoms with E-state index in [-0.39, 0.29) is 29.1 Å². The van der Waals surface area contributed by atoms with Gasteiger partial charge in [0.25, 0.3) is 5.91 Å². The highest BCUT2D eigenvalue weighted by molar-refractivity contribution is 6.33. The first kappa shape index (κ1) is 23.5. The maximum absolute atomic E-state index is 13.3. The molecule has 1 aromatic heterocycles. The van der Waals surface area contributed by atoms with Crippen molar-refractivity contribution in [1.82, 2.24) is 10.3 Å². The molecule has 1 saturated carbocycles. The molecule has 0 aliphatic heterocycles. The lowest BCUT2D eigenvalue weighted by atomic mass is 9.86. The number of aliphatic imine (C=N–C) groups is 1. The van der Waals surface area contributed by atoms with Crippen LogP contribution in [0.5, 0.6) is 0 Å². The van der Waals surface area contributed by atoms with Gasteiger partial charge in [0.05, 0.1) is 21.8 Å². The number of fused-ring (bicyclic) bond motifs is 1. The normalized spacial score (nSPS) is 19.2. The summed E-state index contributed by atoms with van der Waals surface area (Å²) in [4.78, 5) is 20.7. The molecule has 1 aliphatic carbocycles. The Labute approximate surface area is 198 Å². The summed E-state index contributed by atoms with van der Waals surface area (Å²) in [5.74, 6) is -0.236. The van der Waals surface area contributed by atoms with Crippen molar-refractivity contribution in [3.8, 4) is 0 Å². The molecule has 0 saturated heterocycles. The van der Waals surface area contributed by atoms with E-state index in [1.165, 1.54) is 12.1 Å². The Kier molecular flexibility index (Phi) is 6.91. The van der Waals surface area contributed by atoms with Crippen molar-refractivity contribution in [2.75, 3.05) is 0 Å². The van der Waals surface area contributed by atoms with Gasteiger partial charge in [-0.15, -0.1) is 0 Å². The number of pyridine rings is 1. The number of rotatable bonds is 4. The number of amides is 1. The second-order valence-electron chi connectivity index (χ2n) is 8.04. The second kappa shape index (κ2) is 9.69. The number of nitrogens with one attached hydrogen (secondary N) is 1. The van der Waals surface area contributed by atoms with Crippen LogP contribution in [0, 0.1) is 5.92 Å². The molecule has 4 nitrogen and oxygen atoms in total. The number of halogens is 5. The summed E-state index contributed by atoms with van der Waals surface area (Å²) >= 11 is 12.2. The average Bonchev–Trinajstić information content (AvgIpc) is 2.77. The van der Waals surface area contributed by atoms with Gasteiger partial charge < -0.3 is 5.32 Å². The molecule has 0 radical (unpaired) electrons. The van der Waals surface area contributed by atoms with E-state index < -0.39 is 11.9 Å². The molecule has 3 aromatic rings. The Morgan fingerprint density at radius 1 is 1.12 bits per heavy atom. The standard InChI is InChI=1S/C24H20Cl2F3N3O/c25-15-8-9-20-18(11-15)21(12-22(32-20)24(27,28)29)30-13-14-4-3-5-16(10-14)31-23(33)17-6-1-2-7-19(17)26/h1-2,6-9,11-14,16H,3-5,10H2,(H,31,33). The Morgan fingerprint density at radius 2 is 1.91 bits per heavy atom. The minimum atomic E-state index is -4.59. The number of alkyl halides is 3. The van der Waals surface area contributed by atoms with Gasteiger partial charge >= 0.3 is 6.18 Å². The molecular weight excluding hydrogens is 474 g/mol. The lowest BCUT2D eigenvalue weighted by Crippen LogP contribution is -2.38. The van der Waals surface area contributed by atoms with Crippen LogP contribution in [0.25, 0.3) is 10.9 Å². The average molecular weight is 494 g/mol. The highest BCUT2D eigenvalue weighted by Gasteiger charge is 2.33. The SMILES string of the molecule is O=C(NC1CCCC(C=Nc2cc(C(F)(F)F)nc3ccc(Cl)cc23)C1)c1ccccc1Cl. The largest absolute Gasteiger partial charge is 0.433 e. The van der Waals surface area contributed by atoms with Gasteiger partial charge in [-0.1, -0.05) is 41.8 Å². The minimum absolute atomic E-state index is 0.00651. The van der Waals surface area contributed by atoms with E-state index in [0.717, 1.165) is 25.3 Å². The lowest BCUT2D eigenvalue weighted by Gasteiger charge is -2.27. The van der Waals surface area contributed by atoms with Crippen LogP contribution >= 0.6 is 23.2 Å². The Hall–Kier alpha value is -2.64. The van der Waals surface area contributed by atoms with Gasteiger partial charge in [0.1, 0.15) is 5.69 Å². The molecule has 2 atom stereocenters. The fraction of sp³-hybridized carbons (Fsp3) is 0.292. The van der Waals surface area contributed by atoms with E-state index in [1.54, 1.807) is 36.5 Å². The molecule has 0 spiro atoms. The highest BCUT2D eigenvalue weighted by Crippen LogP contribution is 2.35. The molecule has 2 aromatic carbocycles. The fourth-order valence-electron chi connectivity index (χ4n) is 4.02. The van der Waals surface area contributed by atoms with Crippen LogP contribution in [0.3, 0.4) is 0 Å². The quantitative estimate of drug-likeness (QED) is 0.389. The monoisotopic (exact) mass is 493 g/mol. The molecule has 33 heavy (non-hydrogen) atoms. The van der Waals surface area contributed by atoms with Gasteiger partial charge in [-0.05, 0) is 61.6 Å². The zero-order valence-electron chi connectivity index (χ0n) is 17.4. The van der Waals surface area contributed by atoms with Crippen LogP contribution in [-0.2, 0) is 6.18 Å². The molecule has 9 heteroatoms. The number of hydrogen-bond acceptors (Lipinski definition) is 3. The van der Waals surface area contributed by atoms with E-state index >= 15 is 0 Å². The van der Waals surface area contributed by atoms with Gasteiger partial charge in [0, 0.05) is 22.7 Å². The van der Waals surface area contributed by atoms with E-state index in [9.17, 15) is 18.0 Å². The van der Waals surface area contributed by atoms with Gasteiger partial charge in [0.15, 0.2) is 0 Å². The number of hydrogen-bond donors (Lipinski definition) is 1. The van der Waals surface area contributed by atoms with Crippen LogP contribution in [-0.4, -0.2) is 23.1 Å². The summed E-state index contributed by atoms with van der Waals surface area (Å²) in [7, 11) is 0. The molecule has 0 bridgehead atoms. The number of nitrogens with zero attached hydrogens (tertiary/aromatic N) is 2. The molecular formula is C24H20Cl2F3N3O. The van der Waals surface area contributed by atoms with Crippen LogP contribution in [0.15, 0.2) is 53.5 Å². The van der Waals surface area contributed by atoms with Gasteiger partial charge in [-0.3, -0.25) is 9.79 Å². The number of carbonyl (C=O) groups excluding carboxylic acids is 1. The zero-order valence-corrected chi connectivity index (χ0v) is 18.9. The molecule has 1 amide bonds. The zero-order chi connectivity index (χ0) is 23.6. The van der Waals surface area contributed by atoms with E-state index in [1.807, 2.05) is 0 Å². The van der Waals surface area contributed by atoms with E-state index in [4.69, 9.17) is 23.2 Å². The van der Waals surface area contributed by atoms with Gasteiger partial charge in [-0.25, -0.2) is 4.98 Å². The summed E-state index contributed by atoms with van der Waals surface area (Å²) in [5, 5.41) is 4.23. The molecule has 1 heterocycles. The summed E-state index contributed by atoms with van der Waals surface area (Å²) in [6.07, 6.45) is 0.224. The van der Waals surface area contributed by atoms with Crippen molar-refractivity contribution in [2.24, 2.45) is 10.9 Å². The fourth-order valence-corrected chi connectivity index (χ4v) is 4.41. The maximum atomic E-state index is 13.3. The van der Waals surface area contributed by atoms with Crippen molar-refractivity contribution in [1.29, 1.82) is 0 Å². The maximum Gasteiger partial charge on any atom is 0.433 e. The smallest absolute Gasteiger partial charge is 0.349 e. The minimum Gasteiger partial charge on any atom is -0.349 e. The Balaban J connectivity index is 1.53. The molecule has 4 rings (SSSR count). The van der Waals surface area contributed by atoms with E-state index in [2.05, 4.69) is 15.3 Å². The summed E-state index contributed by atoms with van der Waals surface area (Å²) < 4.78 is 40.0. The summed E-state index contributed by atoms with van der Waals surface area (Å²) in [5.41, 5.74) is -0.250.